The number of carbonyl (C=O) groups is 4. The van der Waals surface area contributed by atoms with Crippen LogP contribution in [0.5, 0.6) is 5.88 Å². The highest BCUT2D eigenvalue weighted by molar-refractivity contribution is 6.03. The van der Waals surface area contributed by atoms with Crippen molar-refractivity contribution in [1.82, 2.24) is 14.8 Å². The number of amides is 4. The third kappa shape index (κ3) is 3.75. The van der Waals surface area contributed by atoms with E-state index < -0.39 is 41.5 Å². The molecule has 2 fully saturated rings. The van der Waals surface area contributed by atoms with E-state index in [1.807, 2.05) is 6.92 Å². The molecule has 2 aliphatic heterocycles. The van der Waals surface area contributed by atoms with Gasteiger partial charge in [-0.05, 0) is 30.9 Å². The molecular formula is C20H25N5O6. The van der Waals surface area contributed by atoms with Crippen molar-refractivity contribution in [3.63, 3.8) is 0 Å². The van der Waals surface area contributed by atoms with Crippen LogP contribution in [-0.2, 0) is 14.4 Å². The summed E-state index contributed by atoms with van der Waals surface area (Å²) in [6.45, 7) is 1.59. The first-order chi connectivity index (χ1) is 14.6. The number of aryl methyl sites for hydroxylation is 1. The molecule has 3 atom stereocenters. The predicted molar refractivity (Wildman–Crippen MR) is 107 cm³/mol. The second-order valence-electron chi connectivity index (χ2n) is 8.59. The number of rotatable bonds is 5. The Labute approximate surface area is 178 Å². The maximum atomic E-state index is 13.4. The molecule has 11 heteroatoms. The van der Waals surface area contributed by atoms with Crippen LogP contribution < -0.4 is 15.8 Å². The monoisotopic (exact) mass is 431 g/mol. The van der Waals surface area contributed by atoms with Gasteiger partial charge in [-0.25, -0.2) is 9.78 Å². The smallest absolute Gasteiger partial charge is 0.407 e. The summed E-state index contributed by atoms with van der Waals surface area (Å²) in [7, 11) is 1.32. The highest BCUT2D eigenvalue weighted by Crippen LogP contribution is 2.41. The van der Waals surface area contributed by atoms with Crippen LogP contribution in [0.25, 0.3) is 0 Å². The van der Waals surface area contributed by atoms with E-state index >= 15 is 0 Å². The fraction of sp³-hybridized carbons (Fsp3) is 0.550. The van der Waals surface area contributed by atoms with Gasteiger partial charge in [0, 0.05) is 19.7 Å². The first kappa shape index (κ1) is 20.9. The number of aromatic nitrogens is 1. The normalized spacial score (nSPS) is 25.4. The number of likely N-dealkylation sites (tertiary alicyclic amines) is 1. The van der Waals surface area contributed by atoms with Crippen LogP contribution in [0, 0.1) is 12.8 Å². The lowest BCUT2D eigenvalue weighted by Crippen LogP contribution is -2.55. The Balaban J connectivity index is 1.64. The van der Waals surface area contributed by atoms with Gasteiger partial charge < -0.3 is 25.8 Å². The molecule has 0 bridgehead atoms. The van der Waals surface area contributed by atoms with Crippen molar-refractivity contribution in [3.05, 3.63) is 17.8 Å². The van der Waals surface area contributed by atoms with Gasteiger partial charge in [-0.1, -0.05) is 12.8 Å². The SMILES string of the molecule is Cc1cnc2c(c1)NC(=O)C1(C[C@@H](C(N)=O)N(C(=O)[C@H](CC3CC3)N(C)C(=O)O)C1)O2. The third-order valence-electron chi connectivity index (χ3n) is 6.19. The Morgan fingerprint density at radius 3 is 2.77 bits per heavy atom. The number of carboxylic acid groups (broad SMARTS) is 1. The molecule has 4 amide bonds. The molecule has 4 N–H and O–H groups in total. The molecule has 0 aromatic carbocycles. The van der Waals surface area contributed by atoms with Gasteiger partial charge >= 0.3 is 6.09 Å². The van der Waals surface area contributed by atoms with Crippen LogP contribution in [0.2, 0.25) is 0 Å². The number of nitrogens with one attached hydrogen (secondary N) is 1. The summed E-state index contributed by atoms with van der Waals surface area (Å²) < 4.78 is 5.93. The highest BCUT2D eigenvalue weighted by atomic mass is 16.5. The Morgan fingerprint density at radius 1 is 1.45 bits per heavy atom. The number of primary amides is 1. The predicted octanol–water partition coefficient (Wildman–Crippen LogP) is 0.324. The fourth-order valence-corrected chi connectivity index (χ4v) is 4.21. The molecule has 11 nitrogen and oxygen atoms in total. The number of hydrogen-bond donors (Lipinski definition) is 3. The molecule has 1 saturated heterocycles. The lowest BCUT2D eigenvalue weighted by Gasteiger charge is -2.34. The Kier molecular flexibility index (Phi) is 4.98. The Hall–Kier alpha value is -3.37. The van der Waals surface area contributed by atoms with Crippen LogP contribution in [0.4, 0.5) is 10.5 Å². The number of likely N-dealkylation sites (N-methyl/N-ethyl adjacent to an activating group) is 1. The molecule has 3 aliphatic rings. The highest BCUT2D eigenvalue weighted by Gasteiger charge is 2.58. The summed E-state index contributed by atoms with van der Waals surface area (Å²) in [6, 6.07) is -0.361. The number of carbonyl (C=O) groups excluding carboxylic acids is 3. The van der Waals surface area contributed by atoms with Gasteiger partial charge in [0.15, 0.2) is 0 Å². The average Bonchev–Trinajstić information content (AvgIpc) is 3.45. The summed E-state index contributed by atoms with van der Waals surface area (Å²) in [5.74, 6) is -1.39. The quantitative estimate of drug-likeness (QED) is 0.606. The molecule has 1 saturated carbocycles. The van der Waals surface area contributed by atoms with Crippen LogP contribution in [0.15, 0.2) is 12.3 Å². The molecule has 4 rings (SSSR count). The van der Waals surface area contributed by atoms with E-state index in [1.165, 1.54) is 11.9 Å². The lowest BCUT2D eigenvalue weighted by molar-refractivity contribution is -0.142. The molecule has 3 heterocycles. The average molecular weight is 431 g/mol. The summed E-state index contributed by atoms with van der Waals surface area (Å²) in [5.41, 5.74) is 5.27. The maximum absolute atomic E-state index is 13.4. The van der Waals surface area contributed by atoms with E-state index in [-0.39, 0.29) is 24.8 Å². The third-order valence-corrected chi connectivity index (χ3v) is 6.19. The van der Waals surface area contributed by atoms with Crippen molar-refractivity contribution >= 4 is 29.5 Å². The summed E-state index contributed by atoms with van der Waals surface area (Å²) in [4.78, 5) is 56.5. The largest absolute Gasteiger partial charge is 0.465 e. The van der Waals surface area contributed by atoms with Crippen molar-refractivity contribution in [1.29, 1.82) is 0 Å². The molecule has 1 aliphatic carbocycles. The van der Waals surface area contributed by atoms with Crippen LogP contribution in [0.3, 0.4) is 0 Å². The second kappa shape index (κ2) is 7.40. The molecule has 0 radical (unpaired) electrons. The Morgan fingerprint density at radius 2 is 2.16 bits per heavy atom. The minimum Gasteiger partial charge on any atom is -0.465 e. The van der Waals surface area contributed by atoms with Gasteiger partial charge in [0.1, 0.15) is 17.8 Å². The standard InChI is InChI=1S/C20H25N5O6/c1-10-5-12-16(22-8-10)31-20(18(28)23-12)7-14(15(21)26)25(9-20)17(27)13(6-11-3-4-11)24(2)19(29)30/h5,8,11,13-14H,3-4,6-7,9H2,1-2H3,(H2,21,26)(H,23,28)(H,29,30)/t13-,14-,20?/m0/s1. The number of hydrogen-bond acceptors (Lipinski definition) is 6. The number of anilines is 1. The lowest BCUT2D eigenvalue weighted by atomic mass is 9.97. The van der Waals surface area contributed by atoms with Crippen LogP contribution in [-0.4, -0.2) is 75.0 Å². The zero-order chi connectivity index (χ0) is 22.5. The van der Waals surface area contributed by atoms with Crippen molar-refractivity contribution < 1.29 is 29.0 Å². The first-order valence-corrected chi connectivity index (χ1v) is 10.1. The zero-order valence-electron chi connectivity index (χ0n) is 17.3. The van der Waals surface area contributed by atoms with Crippen molar-refractivity contribution in [2.45, 2.75) is 50.3 Å². The zero-order valence-corrected chi connectivity index (χ0v) is 17.3. The molecule has 1 spiro atoms. The van der Waals surface area contributed by atoms with Gasteiger partial charge in [-0.2, -0.15) is 0 Å². The minimum absolute atomic E-state index is 0.137. The van der Waals surface area contributed by atoms with Gasteiger partial charge in [0.05, 0.1) is 6.54 Å². The number of nitrogens with zero attached hydrogens (tertiary/aromatic N) is 3. The number of ether oxygens (including phenoxy) is 1. The first-order valence-electron chi connectivity index (χ1n) is 10.1. The van der Waals surface area contributed by atoms with Crippen molar-refractivity contribution in [3.8, 4) is 5.88 Å². The van der Waals surface area contributed by atoms with Gasteiger partial charge in [0.25, 0.3) is 5.91 Å². The summed E-state index contributed by atoms with van der Waals surface area (Å²) >= 11 is 0. The van der Waals surface area contributed by atoms with E-state index in [2.05, 4.69) is 10.3 Å². The van der Waals surface area contributed by atoms with Crippen LogP contribution in [0.1, 0.15) is 31.2 Å². The molecule has 1 aromatic heterocycles. The van der Waals surface area contributed by atoms with Gasteiger partial charge in [-0.15, -0.1) is 0 Å². The topological polar surface area (TPSA) is 155 Å². The maximum Gasteiger partial charge on any atom is 0.407 e. The van der Waals surface area contributed by atoms with Gasteiger partial charge in [0.2, 0.25) is 23.3 Å². The number of nitrogens with two attached hydrogens (primary N) is 1. The number of pyridine rings is 1. The Bertz CT molecular complexity index is 963. The van der Waals surface area contributed by atoms with E-state index in [0.717, 1.165) is 23.3 Å². The van der Waals surface area contributed by atoms with E-state index in [9.17, 15) is 24.3 Å². The molecular weight excluding hydrogens is 406 g/mol. The molecule has 31 heavy (non-hydrogen) atoms. The molecule has 1 unspecified atom stereocenters. The fourth-order valence-electron chi connectivity index (χ4n) is 4.21. The van der Waals surface area contributed by atoms with Crippen molar-refractivity contribution in [2.24, 2.45) is 11.7 Å². The summed E-state index contributed by atoms with van der Waals surface area (Å²) in [6.07, 6.45) is 2.40. The van der Waals surface area contributed by atoms with E-state index in [1.54, 1.807) is 12.3 Å². The second-order valence-corrected chi connectivity index (χ2v) is 8.59. The molecule has 1 aromatic rings. The van der Waals surface area contributed by atoms with Gasteiger partial charge in [-0.3, -0.25) is 19.3 Å². The van der Waals surface area contributed by atoms with Crippen molar-refractivity contribution in [2.75, 3.05) is 18.9 Å². The number of fused-ring (bicyclic) bond motifs is 1. The minimum atomic E-state index is -1.53. The summed E-state index contributed by atoms with van der Waals surface area (Å²) in [5, 5.41) is 12.2. The molecule has 166 valence electrons. The van der Waals surface area contributed by atoms with Crippen LogP contribution >= 0.6 is 0 Å². The van der Waals surface area contributed by atoms with E-state index in [4.69, 9.17) is 10.5 Å². The van der Waals surface area contributed by atoms with E-state index in [0.29, 0.717) is 12.1 Å².